The number of nitrogens with zero attached hydrogens (tertiary/aromatic N) is 1. The number of nitrogen functional groups attached to an aromatic ring is 1. The predicted molar refractivity (Wildman–Crippen MR) is 56.1 cm³/mol. The van der Waals surface area contributed by atoms with Crippen molar-refractivity contribution < 1.29 is 0 Å². The maximum atomic E-state index is 6.08. The molecule has 13 heavy (non-hydrogen) atoms. The van der Waals surface area contributed by atoms with E-state index in [-0.39, 0.29) is 0 Å². The highest BCUT2D eigenvalue weighted by Gasteiger charge is 2.17. The Bertz CT molecular complexity index is 473. The van der Waals surface area contributed by atoms with Gasteiger partial charge in [-0.15, -0.1) is 11.3 Å². The van der Waals surface area contributed by atoms with Gasteiger partial charge in [0, 0.05) is 16.8 Å². The Balaban J connectivity index is 2.45. The van der Waals surface area contributed by atoms with E-state index in [1.165, 1.54) is 17.7 Å². The first kappa shape index (κ1) is 7.33. The number of thiophene rings is 1. The first-order valence-corrected chi connectivity index (χ1v) is 5.38. The summed E-state index contributed by atoms with van der Waals surface area (Å²) in [7, 11) is 0. The lowest BCUT2D eigenvalue weighted by Gasteiger charge is -2.03. The van der Waals surface area contributed by atoms with Gasteiger partial charge in [-0.25, -0.2) is 4.98 Å². The molecule has 66 valence electrons. The van der Waals surface area contributed by atoms with E-state index in [9.17, 15) is 0 Å². The normalized spacial score (nSPS) is 15.1. The molecule has 0 fully saturated rings. The van der Waals surface area contributed by atoms with Crippen molar-refractivity contribution in [3.05, 3.63) is 22.7 Å². The number of fused-ring (bicyclic) bond motifs is 2. The minimum Gasteiger partial charge on any atom is -0.398 e. The number of nitrogens with two attached hydrogens (primary N) is 1. The topological polar surface area (TPSA) is 38.9 Å². The van der Waals surface area contributed by atoms with Gasteiger partial charge >= 0.3 is 0 Å². The van der Waals surface area contributed by atoms with Gasteiger partial charge in [0.05, 0.1) is 0 Å². The number of pyridine rings is 1. The number of rotatable bonds is 0. The molecular weight excluding hydrogens is 180 g/mol. The van der Waals surface area contributed by atoms with Crippen LogP contribution in [0.3, 0.4) is 0 Å². The molecule has 0 spiro atoms. The molecule has 0 bridgehead atoms. The highest BCUT2D eigenvalue weighted by Crippen LogP contribution is 2.33. The molecule has 0 saturated heterocycles. The van der Waals surface area contributed by atoms with E-state index in [0.29, 0.717) is 0 Å². The van der Waals surface area contributed by atoms with Crippen molar-refractivity contribution in [2.24, 2.45) is 0 Å². The summed E-state index contributed by atoms with van der Waals surface area (Å²) in [4.78, 5) is 5.71. The zero-order chi connectivity index (χ0) is 8.84. The third-order valence-electron chi connectivity index (χ3n) is 2.69. The van der Waals surface area contributed by atoms with Crippen molar-refractivity contribution in [3.63, 3.8) is 0 Å². The maximum Gasteiger partial charge on any atom is 0.125 e. The lowest BCUT2D eigenvalue weighted by atomic mass is 10.1. The first-order chi connectivity index (χ1) is 6.36. The molecule has 1 aliphatic carbocycles. The standard InChI is InChI=1S/C10H10N2S/c11-9-6-2-1-3-8(6)12-10-7(9)4-5-13-10/h4-5H,1-3H2,(H2,11,12). The van der Waals surface area contributed by atoms with Gasteiger partial charge < -0.3 is 5.73 Å². The zero-order valence-corrected chi connectivity index (χ0v) is 8.03. The quantitative estimate of drug-likeness (QED) is 0.692. The van der Waals surface area contributed by atoms with E-state index in [1.807, 2.05) is 0 Å². The number of aryl methyl sites for hydroxylation is 1. The van der Waals surface area contributed by atoms with Gasteiger partial charge in [-0.3, -0.25) is 0 Å². The van der Waals surface area contributed by atoms with Crippen LogP contribution in [-0.2, 0) is 12.8 Å². The van der Waals surface area contributed by atoms with Gasteiger partial charge in [-0.05, 0) is 36.3 Å². The van der Waals surface area contributed by atoms with Gasteiger partial charge in [0.25, 0.3) is 0 Å². The molecule has 0 unspecified atom stereocenters. The van der Waals surface area contributed by atoms with Crippen molar-refractivity contribution in [1.29, 1.82) is 0 Å². The van der Waals surface area contributed by atoms with Crippen LogP contribution >= 0.6 is 11.3 Å². The third-order valence-corrected chi connectivity index (χ3v) is 3.49. The van der Waals surface area contributed by atoms with Crippen LogP contribution < -0.4 is 5.73 Å². The lowest BCUT2D eigenvalue weighted by molar-refractivity contribution is 0.902. The minimum absolute atomic E-state index is 0.971. The summed E-state index contributed by atoms with van der Waals surface area (Å²) in [5.41, 5.74) is 9.58. The fraction of sp³-hybridized carbons (Fsp3) is 0.300. The smallest absolute Gasteiger partial charge is 0.125 e. The zero-order valence-electron chi connectivity index (χ0n) is 7.21. The first-order valence-electron chi connectivity index (χ1n) is 4.50. The van der Waals surface area contributed by atoms with Crippen LogP contribution in [0.15, 0.2) is 11.4 Å². The molecule has 2 aromatic rings. The van der Waals surface area contributed by atoms with Gasteiger partial charge in [-0.2, -0.15) is 0 Å². The average molecular weight is 190 g/mol. The van der Waals surface area contributed by atoms with E-state index >= 15 is 0 Å². The molecular formula is C10H10N2S. The number of hydrogen-bond acceptors (Lipinski definition) is 3. The Labute approximate surface area is 80.4 Å². The predicted octanol–water partition coefficient (Wildman–Crippen LogP) is 2.37. The second-order valence-electron chi connectivity index (χ2n) is 3.44. The Kier molecular flexibility index (Phi) is 1.38. The highest BCUT2D eigenvalue weighted by atomic mass is 32.1. The van der Waals surface area contributed by atoms with E-state index < -0.39 is 0 Å². The second-order valence-corrected chi connectivity index (χ2v) is 4.34. The summed E-state index contributed by atoms with van der Waals surface area (Å²) in [5, 5.41) is 3.20. The van der Waals surface area contributed by atoms with Crippen molar-refractivity contribution >= 4 is 27.2 Å². The van der Waals surface area contributed by atoms with Crippen molar-refractivity contribution in [2.45, 2.75) is 19.3 Å². The van der Waals surface area contributed by atoms with Crippen molar-refractivity contribution in [1.82, 2.24) is 4.98 Å². The Hall–Kier alpha value is -1.09. The molecule has 0 atom stereocenters. The summed E-state index contributed by atoms with van der Waals surface area (Å²) in [6, 6.07) is 2.07. The van der Waals surface area contributed by atoms with Crippen LogP contribution in [0.4, 0.5) is 5.69 Å². The van der Waals surface area contributed by atoms with E-state index in [1.54, 1.807) is 11.3 Å². The molecule has 0 saturated carbocycles. The lowest BCUT2D eigenvalue weighted by Crippen LogP contribution is -1.96. The van der Waals surface area contributed by atoms with Gasteiger partial charge in [0.1, 0.15) is 4.83 Å². The van der Waals surface area contributed by atoms with Gasteiger partial charge in [-0.1, -0.05) is 0 Å². The van der Waals surface area contributed by atoms with E-state index in [4.69, 9.17) is 5.73 Å². The molecule has 2 aromatic heterocycles. The monoisotopic (exact) mass is 190 g/mol. The fourth-order valence-corrected chi connectivity index (χ4v) is 2.82. The molecule has 2 heterocycles. The van der Waals surface area contributed by atoms with Crippen LogP contribution in [0.1, 0.15) is 17.7 Å². The molecule has 0 aromatic carbocycles. The number of aromatic nitrogens is 1. The Morgan fingerprint density at radius 2 is 2.31 bits per heavy atom. The summed E-state index contributed by atoms with van der Waals surface area (Å²) < 4.78 is 0. The van der Waals surface area contributed by atoms with Crippen molar-refractivity contribution in [2.75, 3.05) is 5.73 Å². The molecule has 0 aliphatic heterocycles. The van der Waals surface area contributed by atoms with Crippen LogP contribution in [0, 0.1) is 0 Å². The molecule has 2 nitrogen and oxygen atoms in total. The number of hydrogen-bond donors (Lipinski definition) is 1. The van der Waals surface area contributed by atoms with Crippen molar-refractivity contribution in [3.8, 4) is 0 Å². The van der Waals surface area contributed by atoms with E-state index in [2.05, 4.69) is 16.4 Å². The summed E-state index contributed by atoms with van der Waals surface area (Å²) in [5.74, 6) is 0. The van der Waals surface area contributed by atoms with Crippen LogP contribution in [0.2, 0.25) is 0 Å². The van der Waals surface area contributed by atoms with Gasteiger partial charge in [0.15, 0.2) is 0 Å². The highest BCUT2D eigenvalue weighted by molar-refractivity contribution is 7.16. The van der Waals surface area contributed by atoms with Gasteiger partial charge in [0.2, 0.25) is 0 Å². The minimum atomic E-state index is 0.971. The molecule has 2 N–H and O–H groups in total. The largest absolute Gasteiger partial charge is 0.398 e. The third kappa shape index (κ3) is 0.907. The molecule has 0 amide bonds. The maximum absolute atomic E-state index is 6.08. The summed E-state index contributed by atoms with van der Waals surface area (Å²) in [6.45, 7) is 0. The van der Waals surface area contributed by atoms with Crippen LogP contribution in [0.5, 0.6) is 0 Å². The summed E-state index contributed by atoms with van der Waals surface area (Å²) >= 11 is 1.68. The molecule has 3 rings (SSSR count). The summed E-state index contributed by atoms with van der Waals surface area (Å²) in [6.07, 6.45) is 3.43. The van der Waals surface area contributed by atoms with E-state index in [0.717, 1.165) is 28.7 Å². The Morgan fingerprint density at radius 3 is 3.23 bits per heavy atom. The molecule has 3 heteroatoms. The molecule has 1 aliphatic rings. The second kappa shape index (κ2) is 2.45. The SMILES string of the molecule is Nc1c2c(nc3sccc13)CCC2. The Morgan fingerprint density at radius 1 is 1.38 bits per heavy atom. The van der Waals surface area contributed by atoms with Crippen LogP contribution in [-0.4, -0.2) is 4.98 Å². The van der Waals surface area contributed by atoms with Crippen LogP contribution in [0.25, 0.3) is 10.2 Å². The molecule has 0 radical (unpaired) electrons. The average Bonchev–Trinajstić information content (AvgIpc) is 2.71. The number of anilines is 1. The fourth-order valence-electron chi connectivity index (χ4n) is 2.02.